The molecule has 2 amide bonds. The molecule has 24 heavy (non-hydrogen) atoms. The maximum absolute atomic E-state index is 12.2. The van der Waals surface area contributed by atoms with Gasteiger partial charge in [0, 0.05) is 38.1 Å². The van der Waals surface area contributed by atoms with Gasteiger partial charge in [0.1, 0.15) is 0 Å². The summed E-state index contributed by atoms with van der Waals surface area (Å²) < 4.78 is 8.10. The Kier molecular flexibility index (Phi) is 6.12. The largest absolute Gasteiger partial charge is 0.376 e. The van der Waals surface area contributed by atoms with E-state index in [-0.39, 0.29) is 6.03 Å². The van der Waals surface area contributed by atoms with Crippen LogP contribution in [0.25, 0.3) is 0 Å². The zero-order chi connectivity index (χ0) is 16.8. The Morgan fingerprint density at radius 1 is 1.25 bits per heavy atom. The molecule has 134 valence electrons. The first kappa shape index (κ1) is 17.3. The Labute approximate surface area is 144 Å². The minimum atomic E-state index is 0.0411. The van der Waals surface area contributed by atoms with Gasteiger partial charge < -0.3 is 19.5 Å². The quantitative estimate of drug-likeness (QED) is 0.842. The van der Waals surface area contributed by atoms with Gasteiger partial charge >= 0.3 is 6.03 Å². The van der Waals surface area contributed by atoms with Crippen molar-refractivity contribution in [3.05, 3.63) is 18.7 Å². The number of nitrogens with zero attached hydrogens (tertiary/aromatic N) is 3. The molecule has 3 rings (SSSR count). The highest BCUT2D eigenvalue weighted by Crippen LogP contribution is 2.26. The van der Waals surface area contributed by atoms with Crippen LogP contribution in [0.4, 0.5) is 4.79 Å². The molecule has 0 aromatic carbocycles. The molecule has 0 radical (unpaired) electrons. The number of carbonyl (C=O) groups is 1. The zero-order valence-corrected chi connectivity index (χ0v) is 14.7. The summed E-state index contributed by atoms with van der Waals surface area (Å²) in [5.74, 6) is 0.650. The molecule has 1 aromatic rings. The number of nitrogens with one attached hydrogen (secondary N) is 1. The standard InChI is InChI=1S/C18H30N4O2/c1-15-4-2-3-5-17(15)24-13-9-20-18(23)21-10-6-16(7-11-21)22-12-8-19-14-22/h8,12,14-17H,2-7,9-11,13H2,1H3,(H,20,23)/t15-,17+/m0/s1. The Morgan fingerprint density at radius 2 is 2.04 bits per heavy atom. The van der Waals surface area contributed by atoms with Crippen molar-refractivity contribution in [2.75, 3.05) is 26.2 Å². The van der Waals surface area contributed by atoms with E-state index in [0.29, 0.717) is 31.2 Å². The second-order valence-electron chi connectivity index (χ2n) is 7.13. The van der Waals surface area contributed by atoms with Gasteiger partial charge in [-0.2, -0.15) is 0 Å². The highest BCUT2D eigenvalue weighted by Gasteiger charge is 2.24. The lowest BCUT2D eigenvalue weighted by Gasteiger charge is -2.32. The minimum Gasteiger partial charge on any atom is -0.376 e. The summed E-state index contributed by atoms with van der Waals surface area (Å²) in [6, 6.07) is 0.507. The smallest absolute Gasteiger partial charge is 0.317 e. The van der Waals surface area contributed by atoms with Crippen LogP contribution in [-0.4, -0.2) is 52.8 Å². The lowest BCUT2D eigenvalue weighted by atomic mass is 9.88. The van der Waals surface area contributed by atoms with Crippen molar-refractivity contribution in [2.45, 2.75) is 57.6 Å². The first-order valence-electron chi connectivity index (χ1n) is 9.36. The third-order valence-corrected chi connectivity index (χ3v) is 5.44. The highest BCUT2D eigenvalue weighted by atomic mass is 16.5. The normalized spacial score (nSPS) is 25.6. The van der Waals surface area contributed by atoms with Crippen LogP contribution in [0, 0.1) is 5.92 Å². The van der Waals surface area contributed by atoms with Gasteiger partial charge in [0.15, 0.2) is 0 Å². The van der Waals surface area contributed by atoms with E-state index in [1.165, 1.54) is 19.3 Å². The van der Waals surface area contributed by atoms with Gasteiger partial charge in [-0.3, -0.25) is 0 Å². The van der Waals surface area contributed by atoms with Gasteiger partial charge in [-0.25, -0.2) is 9.78 Å². The molecule has 1 aromatic heterocycles. The summed E-state index contributed by atoms with van der Waals surface area (Å²) in [5.41, 5.74) is 0. The van der Waals surface area contributed by atoms with Crippen LogP contribution in [0.3, 0.4) is 0 Å². The van der Waals surface area contributed by atoms with Crippen molar-refractivity contribution in [1.82, 2.24) is 19.8 Å². The van der Waals surface area contributed by atoms with Crippen LogP contribution in [0.2, 0.25) is 0 Å². The number of imidazole rings is 1. The van der Waals surface area contributed by atoms with Crippen molar-refractivity contribution in [3.8, 4) is 0 Å². The van der Waals surface area contributed by atoms with E-state index in [1.54, 1.807) is 0 Å². The van der Waals surface area contributed by atoms with Crippen molar-refractivity contribution in [1.29, 1.82) is 0 Å². The monoisotopic (exact) mass is 334 g/mol. The molecule has 2 atom stereocenters. The average Bonchev–Trinajstić information content (AvgIpc) is 3.15. The van der Waals surface area contributed by atoms with Crippen LogP contribution in [0.15, 0.2) is 18.7 Å². The zero-order valence-electron chi connectivity index (χ0n) is 14.7. The molecular weight excluding hydrogens is 304 g/mol. The van der Waals surface area contributed by atoms with Gasteiger partial charge in [0.25, 0.3) is 0 Å². The Balaban J connectivity index is 1.31. The van der Waals surface area contributed by atoms with Gasteiger partial charge in [0.05, 0.1) is 19.0 Å². The highest BCUT2D eigenvalue weighted by molar-refractivity contribution is 5.74. The second kappa shape index (κ2) is 8.51. The van der Waals surface area contributed by atoms with Crippen molar-refractivity contribution < 1.29 is 9.53 Å². The van der Waals surface area contributed by atoms with E-state index in [4.69, 9.17) is 4.74 Å². The fourth-order valence-corrected chi connectivity index (χ4v) is 3.86. The third-order valence-electron chi connectivity index (χ3n) is 5.44. The number of likely N-dealkylation sites (tertiary alicyclic amines) is 1. The van der Waals surface area contributed by atoms with Crippen molar-refractivity contribution in [2.24, 2.45) is 5.92 Å². The van der Waals surface area contributed by atoms with E-state index in [9.17, 15) is 4.79 Å². The molecule has 2 aliphatic rings. The van der Waals surface area contributed by atoms with Gasteiger partial charge in [-0.05, 0) is 31.6 Å². The molecule has 1 aliphatic heterocycles. The van der Waals surface area contributed by atoms with Crippen molar-refractivity contribution >= 4 is 6.03 Å². The van der Waals surface area contributed by atoms with Crippen LogP contribution < -0.4 is 5.32 Å². The Hall–Kier alpha value is -1.56. The van der Waals surface area contributed by atoms with E-state index >= 15 is 0 Å². The summed E-state index contributed by atoms with van der Waals surface area (Å²) in [6.45, 7) is 5.09. The molecule has 1 N–H and O–H groups in total. The predicted molar refractivity (Wildman–Crippen MR) is 92.8 cm³/mol. The molecule has 0 spiro atoms. The van der Waals surface area contributed by atoms with Crippen LogP contribution in [0.5, 0.6) is 0 Å². The minimum absolute atomic E-state index is 0.0411. The first-order valence-corrected chi connectivity index (χ1v) is 9.36. The van der Waals surface area contributed by atoms with E-state index in [0.717, 1.165) is 32.4 Å². The summed E-state index contributed by atoms with van der Waals surface area (Å²) in [4.78, 5) is 18.3. The third kappa shape index (κ3) is 4.50. The SMILES string of the molecule is C[C@H]1CCCC[C@H]1OCCNC(=O)N1CCC(n2ccnc2)CC1. The van der Waals surface area contributed by atoms with Crippen LogP contribution in [-0.2, 0) is 4.74 Å². The van der Waals surface area contributed by atoms with E-state index < -0.39 is 0 Å². The number of aromatic nitrogens is 2. The molecule has 2 fully saturated rings. The van der Waals surface area contributed by atoms with Gasteiger partial charge in [-0.15, -0.1) is 0 Å². The number of amides is 2. The van der Waals surface area contributed by atoms with Crippen LogP contribution >= 0.6 is 0 Å². The fraction of sp³-hybridized carbons (Fsp3) is 0.778. The molecule has 0 unspecified atom stereocenters. The van der Waals surface area contributed by atoms with Gasteiger partial charge in [-0.1, -0.05) is 19.8 Å². The number of rotatable bonds is 5. The molecule has 6 nitrogen and oxygen atoms in total. The fourth-order valence-electron chi connectivity index (χ4n) is 3.86. The maximum Gasteiger partial charge on any atom is 0.317 e. The van der Waals surface area contributed by atoms with E-state index in [1.807, 2.05) is 23.6 Å². The number of carbonyl (C=O) groups excluding carboxylic acids is 1. The van der Waals surface area contributed by atoms with E-state index in [2.05, 4.69) is 21.8 Å². The maximum atomic E-state index is 12.2. The number of ether oxygens (including phenoxy) is 1. The number of urea groups is 1. The molecule has 0 bridgehead atoms. The Bertz CT molecular complexity index is 497. The lowest BCUT2D eigenvalue weighted by molar-refractivity contribution is -0.00278. The Morgan fingerprint density at radius 3 is 2.75 bits per heavy atom. The topological polar surface area (TPSA) is 59.4 Å². The van der Waals surface area contributed by atoms with Crippen LogP contribution in [0.1, 0.15) is 51.5 Å². The average molecular weight is 334 g/mol. The summed E-state index contributed by atoms with van der Waals surface area (Å²) in [7, 11) is 0. The number of hydrogen-bond acceptors (Lipinski definition) is 3. The summed E-state index contributed by atoms with van der Waals surface area (Å²) in [5, 5.41) is 3.00. The number of piperidine rings is 1. The second-order valence-corrected chi connectivity index (χ2v) is 7.13. The first-order chi connectivity index (χ1) is 11.7. The summed E-state index contributed by atoms with van der Waals surface area (Å²) in [6.07, 6.45) is 13.1. The molecule has 6 heteroatoms. The molecule has 1 aliphatic carbocycles. The summed E-state index contributed by atoms with van der Waals surface area (Å²) >= 11 is 0. The molecule has 1 saturated carbocycles. The van der Waals surface area contributed by atoms with Crippen molar-refractivity contribution in [3.63, 3.8) is 0 Å². The van der Waals surface area contributed by atoms with Gasteiger partial charge in [0.2, 0.25) is 0 Å². The number of hydrogen-bond donors (Lipinski definition) is 1. The predicted octanol–water partition coefficient (Wildman–Crippen LogP) is 2.82. The molecule has 2 heterocycles. The lowest BCUT2D eigenvalue weighted by Crippen LogP contribution is -2.45. The molecular formula is C18H30N4O2. The molecule has 1 saturated heterocycles.